The quantitative estimate of drug-likeness (QED) is 0.397. The smallest absolute Gasteiger partial charge is 0.326 e. The number of aliphatic carboxylic acids is 1. The Morgan fingerprint density at radius 2 is 1.70 bits per heavy atom. The van der Waals surface area contributed by atoms with Gasteiger partial charge in [-0.1, -0.05) is 30.3 Å². The lowest BCUT2D eigenvalue weighted by atomic mass is 10.0. The van der Waals surface area contributed by atoms with Crippen molar-refractivity contribution in [1.82, 2.24) is 10.2 Å². The van der Waals surface area contributed by atoms with E-state index < -0.39 is 24.0 Å². The molecule has 0 fully saturated rings. The molecule has 2 atom stereocenters. The number of carbonyl (C=O) groups excluding carboxylic acids is 3. The molecule has 1 aromatic carbocycles. The number of hydrogen-bond acceptors (Lipinski definition) is 5. The molecule has 1 heterocycles. The average molecular weight is 373 g/mol. The fraction of sp³-hybridized carbons (Fsp3) is 0.368. The van der Waals surface area contributed by atoms with Crippen LogP contribution in [0.1, 0.15) is 24.8 Å². The van der Waals surface area contributed by atoms with Gasteiger partial charge < -0.3 is 16.2 Å². The highest BCUT2D eigenvalue weighted by atomic mass is 16.4. The number of nitrogens with zero attached hydrogens (tertiary/aromatic N) is 1. The number of unbranched alkanes of at least 4 members (excludes halogenated alkanes) is 1. The topological polar surface area (TPSA) is 130 Å². The van der Waals surface area contributed by atoms with E-state index in [1.807, 2.05) is 30.3 Å². The molecule has 4 N–H and O–H groups in total. The van der Waals surface area contributed by atoms with Crippen LogP contribution in [-0.4, -0.2) is 52.3 Å². The summed E-state index contributed by atoms with van der Waals surface area (Å²) in [5.41, 5.74) is 6.76. The monoisotopic (exact) mass is 373 g/mol. The van der Waals surface area contributed by atoms with Gasteiger partial charge in [-0.25, -0.2) is 4.79 Å². The molecule has 0 aromatic heterocycles. The van der Waals surface area contributed by atoms with Gasteiger partial charge in [0.05, 0.1) is 6.04 Å². The Labute approximate surface area is 157 Å². The lowest BCUT2D eigenvalue weighted by molar-refractivity contribution is -0.142. The third-order valence-corrected chi connectivity index (χ3v) is 4.27. The highest BCUT2D eigenvalue weighted by molar-refractivity contribution is 6.12. The first-order valence-electron chi connectivity index (χ1n) is 8.74. The van der Waals surface area contributed by atoms with Crippen molar-refractivity contribution in [1.29, 1.82) is 0 Å². The van der Waals surface area contributed by atoms with Gasteiger partial charge in [0, 0.05) is 18.7 Å². The van der Waals surface area contributed by atoms with Gasteiger partial charge in [-0.05, 0) is 31.2 Å². The summed E-state index contributed by atoms with van der Waals surface area (Å²) in [6, 6.07) is 7.31. The summed E-state index contributed by atoms with van der Waals surface area (Å²) < 4.78 is 0. The van der Waals surface area contributed by atoms with Crippen LogP contribution in [0, 0.1) is 0 Å². The van der Waals surface area contributed by atoms with E-state index in [-0.39, 0.29) is 24.8 Å². The largest absolute Gasteiger partial charge is 0.480 e. The zero-order chi connectivity index (χ0) is 19.8. The van der Waals surface area contributed by atoms with Crippen LogP contribution in [-0.2, 0) is 25.6 Å². The molecule has 0 aliphatic carbocycles. The minimum Gasteiger partial charge on any atom is -0.480 e. The third-order valence-electron chi connectivity index (χ3n) is 4.27. The molecule has 27 heavy (non-hydrogen) atoms. The molecule has 0 saturated carbocycles. The zero-order valence-electron chi connectivity index (χ0n) is 14.8. The number of hydrogen-bond donors (Lipinski definition) is 3. The number of nitrogens with two attached hydrogens (primary N) is 1. The summed E-state index contributed by atoms with van der Waals surface area (Å²) >= 11 is 0. The Kier molecular flexibility index (Phi) is 7.25. The molecule has 1 aliphatic rings. The Morgan fingerprint density at radius 1 is 1.07 bits per heavy atom. The maximum absolute atomic E-state index is 12.2. The van der Waals surface area contributed by atoms with Gasteiger partial charge in [-0.3, -0.25) is 19.3 Å². The Bertz CT molecular complexity index is 714. The van der Waals surface area contributed by atoms with E-state index in [0.29, 0.717) is 19.3 Å². The SMILES string of the molecule is N[C@@H](Cc1ccccc1)C(=O)N[C@@H](CCCCN1C(=O)C=CC1=O)C(=O)O. The van der Waals surface area contributed by atoms with Gasteiger partial charge in [-0.15, -0.1) is 0 Å². The van der Waals surface area contributed by atoms with Crippen LogP contribution in [0.3, 0.4) is 0 Å². The lowest BCUT2D eigenvalue weighted by Crippen LogP contribution is -2.49. The predicted octanol–water partition coefficient (Wildman–Crippen LogP) is 0.221. The zero-order valence-corrected chi connectivity index (χ0v) is 14.8. The number of imide groups is 1. The van der Waals surface area contributed by atoms with Gasteiger partial charge >= 0.3 is 5.97 Å². The highest BCUT2D eigenvalue weighted by Gasteiger charge is 2.25. The Balaban J connectivity index is 1.77. The van der Waals surface area contributed by atoms with Gasteiger partial charge in [0.2, 0.25) is 5.91 Å². The molecule has 3 amide bonds. The Hall–Kier alpha value is -3.00. The third kappa shape index (κ3) is 6.03. The first-order valence-corrected chi connectivity index (χ1v) is 8.74. The number of benzene rings is 1. The van der Waals surface area contributed by atoms with Crippen molar-refractivity contribution in [3.8, 4) is 0 Å². The number of amides is 3. The maximum atomic E-state index is 12.2. The van der Waals surface area contributed by atoms with Gasteiger partial charge in [0.1, 0.15) is 6.04 Å². The summed E-state index contributed by atoms with van der Waals surface area (Å²) in [4.78, 5) is 47.6. The molecule has 0 saturated heterocycles. The van der Waals surface area contributed by atoms with Gasteiger partial charge in [0.15, 0.2) is 0 Å². The van der Waals surface area contributed by atoms with Crippen molar-refractivity contribution >= 4 is 23.7 Å². The fourth-order valence-electron chi connectivity index (χ4n) is 2.77. The molecule has 8 heteroatoms. The minimum atomic E-state index is -1.15. The number of nitrogens with one attached hydrogen (secondary N) is 1. The average Bonchev–Trinajstić information content (AvgIpc) is 2.96. The van der Waals surface area contributed by atoms with Crippen LogP contribution in [0.15, 0.2) is 42.5 Å². The summed E-state index contributed by atoms with van der Waals surface area (Å²) in [5, 5.41) is 11.8. The first kappa shape index (κ1) is 20.3. The maximum Gasteiger partial charge on any atom is 0.326 e. The fourth-order valence-corrected chi connectivity index (χ4v) is 2.77. The van der Waals surface area contributed by atoms with Crippen molar-refractivity contribution in [2.24, 2.45) is 5.73 Å². The van der Waals surface area contributed by atoms with E-state index in [2.05, 4.69) is 5.32 Å². The second-order valence-electron chi connectivity index (χ2n) is 6.35. The summed E-state index contributed by atoms with van der Waals surface area (Å²) in [6.45, 7) is 0.221. The van der Waals surface area contributed by atoms with Gasteiger partial charge in [0.25, 0.3) is 11.8 Å². The van der Waals surface area contributed by atoms with Crippen molar-refractivity contribution in [3.63, 3.8) is 0 Å². The molecule has 1 aliphatic heterocycles. The van der Waals surface area contributed by atoms with E-state index in [4.69, 9.17) is 5.73 Å². The van der Waals surface area contributed by atoms with Crippen molar-refractivity contribution < 1.29 is 24.3 Å². The molecule has 1 aromatic rings. The lowest BCUT2D eigenvalue weighted by Gasteiger charge is -2.18. The van der Waals surface area contributed by atoms with E-state index in [0.717, 1.165) is 10.5 Å². The van der Waals surface area contributed by atoms with Crippen molar-refractivity contribution in [2.75, 3.05) is 6.54 Å². The molecule has 0 spiro atoms. The Morgan fingerprint density at radius 3 is 2.30 bits per heavy atom. The molecule has 2 rings (SSSR count). The van der Waals surface area contributed by atoms with E-state index in [1.54, 1.807) is 0 Å². The molecular weight excluding hydrogens is 350 g/mol. The van der Waals surface area contributed by atoms with Crippen LogP contribution >= 0.6 is 0 Å². The van der Waals surface area contributed by atoms with Crippen molar-refractivity contribution in [2.45, 2.75) is 37.8 Å². The number of rotatable bonds is 10. The molecule has 0 bridgehead atoms. The predicted molar refractivity (Wildman–Crippen MR) is 97.4 cm³/mol. The van der Waals surface area contributed by atoms with Crippen LogP contribution < -0.4 is 11.1 Å². The normalized spacial score (nSPS) is 15.7. The summed E-state index contributed by atoms with van der Waals surface area (Å²) in [5.74, 6) is -2.41. The minimum absolute atomic E-state index is 0.183. The van der Waals surface area contributed by atoms with E-state index >= 15 is 0 Å². The van der Waals surface area contributed by atoms with E-state index in [9.17, 15) is 24.3 Å². The number of carboxylic acid groups (broad SMARTS) is 1. The number of carbonyl (C=O) groups is 4. The van der Waals surface area contributed by atoms with Crippen LogP contribution in [0.4, 0.5) is 0 Å². The first-order chi connectivity index (χ1) is 12.9. The van der Waals surface area contributed by atoms with E-state index in [1.165, 1.54) is 12.2 Å². The van der Waals surface area contributed by atoms with Crippen molar-refractivity contribution in [3.05, 3.63) is 48.0 Å². The van der Waals surface area contributed by atoms with Crippen LogP contribution in [0.25, 0.3) is 0 Å². The van der Waals surface area contributed by atoms with Gasteiger partial charge in [-0.2, -0.15) is 0 Å². The standard InChI is InChI=1S/C19H23N3O5/c20-14(12-13-6-2-1-3-7-13)18(25)21-15(19(26)27)8-4-5-11-22-16(23)9-10-17(22)24/h1-3,6-7,9-10,14-15H,4-5,8,11-12,20H2,(H,21,25)(H,26,27)/t14-,15-/m0/s1. The second kappa shape index (κ2) is 9.63. The summed E-state index contributed by atoms with van der Waals surface area (Å²) in [7, 11) is 0. The number of carboxylic acids is 1. The second-order valence-corrected chi connectivity index (χ2v) is 6.35. The molecule has 0 radical (unpaired) electrons. The molecule has 144 valence electrons. The van der Waals surface area contributed by atoms with Crippen LogP contribution in [0.5, 0.6) is 0 Å². The van der Waals surface area contributed by atoms with Crippen LogP contribution in [0.2, 0.25) is 0 Å². The summed E-state index contributed by atoms with van der Waals surface area (Å²) in [6.07, 6.45) is 3.79. The molecule has 8 nitrogen and oxygen atoms in total. The highest BCUT2D eigenvalue weighted by Crippen LogP contribution is 2.09. The molecule has 0 unspecified atom stereocenters. The molecular formula is C19H23N3O5.